The summed E-state index contributed by atoms with van der Waals surface area (Å²) < 4.78 is 0. The normalized spacial score (nSPS) is 32.9. The van der Waals surface area contributed by atoms with E-state index in [0.29, 0.717) is 5.71 Å². The molecule has 1 aromatic carbocycles. The molecular formula is C21H22N4O4. The standard InChI is InChI=1S/C21H22N4O4/c1-4-23-14(26)10-21(20(23)29)16-15(18(27)24(5-2)19(16)28)17-13-9-7-6-8-12(13)11(3)22-25(17)21/h6-9,15-17H,4-5,10H2,1-3H3/t15-,16+,17-,21+/m1/s1. The fraction of sp³-hybridized carbons (Fsp3) is 0.476. The van der Waals surface area contributed by atoms with Crippen LogP contribution in [0.5, 0.6) is 0 Å². The van der Waals surface area contributed by atoms with E-state index in [1.54, 1.807) is 18.9 Å². The van der Waals surface area contributed by atoms with Crippen LogP contribution in [0.3, 0.4) is 0 Å². The highest BCUT2D eigenvalue weighted by Crippen LogP contribution is 2.60. The first-order valence-corrected chi connectivity index (χ1v) is 10.0. The first-order chi connectivity index (χ1) is 13.9. The van der Waals surface area contributed by atoms with Crippen LogP contribution in [0, 0.1) is 11.8 Å². The predicted molar refractivity (Wildman–Crippen MR) is 102 cm³/mol. The zero-order chi connectivity index (χ0) is 20.7. The Hall–Kier alpha value is -3.03. The minimum absolute atomic E-state index is 0.132. The fourth-order valence-electron chi connectivity index (χ4n) is 5.69. The average Bonchev–Trinajstić information content (AvgIpc) is 3.23. The SMILES string of the molecule is CCN1C(=O)[C@H]2[C@H]3c4ccccc4C(C)=NN3[C@@]3(CC(=O)N(CC)C3=O)[C@@H]2C1=O. The molecule has 4 atom stereocenters. The second kappa shape index (κ2) is 5.75. The molecule has 29 heavy (non-hydrogen) atoms. The van der Waals surface area contributed by atoms with E-state index < -0.39 is 29.3 Å². The summed E-state index contributed by atoms with van der Waals surface area (Å²) in [4.78, 5) is 55.3. The van der Waals surface area contributed by atoms with Crippen LogP contribution < -0.4 is 0 Å². The van der Waals surface area contributed by atoms with Crippen LogP contribution in [0.1, 0.15) is 44.4 Å². The van der Waals surface area contributed by atoms with Crippen molar-refractivity contribution < 1.29 is 19.2 Å². The number of hydrogen-bond donors (Lipinski definition) is 0. The van der Waals surface area contributed by atoms with Gasteiger partial charge in [-0.2, -0.15) is 5.10 Å². The van der Waals surface area contributed by atoms with Gasteiger partial charge in [0.25, 0.3) is 5.91 Å². The van der Waals surface area contributed by atoms with Crippen molar-refractivity contribution in [1.82, 2.24) is 14.8 Å². The molecule has 1 aromatic rings. The van der Waals surface area contributed by atoms with Gasteiger partial charge in [-0.25, -0.2) is 0 Å². The Kier molecular flexibility index (Phi) is 3.57. The van der Waals surface area contributed by atoms with E-state index in [4.69, 9.17) is 5.10 Å². The topological polar surface area (TPSA) is 90.4 Å². The van der Waals surface area contributed by atoms with E-state index in [2.05, 4.69) is 0 Å². The Bertz CT molecular complexity index is 1020. The molecule has 1 spiro atoms. The Morgan fingerprint density at radius 3 is 2.38 bits per heavy atom. The van der Waals surface area contributed by atoms with Gasteiger partial charge in [0, 0.05) is 18.7 Å². The molecule has 0 aliphatic carbocycles. The molecule has 4 aliphatic heterocycles. The summed E-state index contributed by atoms with van der Waals surface area (Å²) in [5.41, 5.74) is 1.05. The number of likely N-dealkylation sites (tertiary alicyclic amines) is 2. The lowest BCUT2D eigenvalue weighted by Gasteiger charge is -2.40. The second-order valence-electron chi connectivity index (χ2n) is 8.03. The van der Waals surface area contributed by atoms with E-state index in [9.17, 15) is 19.2 Å². The van der Waals surface area contributed by atoms with Gasteiger partial charge in [-0.05, 0) is 26.3 Å². The minimum atomic E-state index is -1.44. The molecule has 0 N–H and O–H groups in total. The molecule has 8 nitrogen and oxygen atoms in total. The predicted octanol–water partition coefficient (Wildman–Crippen LogP) is 0.920. The van der Waals surface area contributed by atoms with Crippen LogP contribution in [0.2, 0.25) is 0 Å². The van der Waals surface area contributed by atoms with E-state index in [0.717, 1.165) is 11.1 Å². The van der Waals surface area contributed by atoms with Crippen LogP contribution in [-0.2, 0) is 19.2 Å². The molecule has 0 saturated carbocycles. The van der Waals surface area contributed by atoms with Gasteiger partial charge in [0.05, 0.1) is 30.0 Å². The number of hydrogen-bond acceptors (Lipinski definition) is 6. The summed E-state index contributed by atoms with van der Waals surface area (Å²) in [5, 5.41) is 6.33. The molecule has 0 unspecified atom stereocenters. The summed E-state index contributed by atoms with van der Waals surface area (Å²) >= 11 is 0. The smallest absolute Gasteiger partial charge is 0.258 e. The first-order valence-electron chi connectivity index (χ1n) is 10.0. The third-order valence-electron chi connectivity index (χ3n) is 6.87. The molecule has 150 valence electrons. The van der Waals surface area contributed by atoms with Crippen molar-refractivity contribution in [2.75, 3.05) is 13.1 Å². The highest BCUT2D eigenvalue weighted by atomic mass is 16.2. The second-order valence-corrected chi connectivity index (χ2v) is 8.03. The van der Waals surface area contributed by atoms with Crippen molar-refractivity contribution in [2.45, 2.75) is 38.8 Å². The van der Waals surface area contributed by atoms with Crippen molar-refractivity contribution in [1.29, 1.82) is 0 Å². The highest BCUT2D eigenvalue weighted by Gasteiger charge is 2.76. The van der Waals surface area contributed by atoms with Crippen molar-refractivity contribution in [2.24, 2.45) is 16.9 Å². The van der Waals surface area contributed by atoms with Crippen molar-refractivity contribution in [3.05, 3.63) is 35.4 Å². The lowest BCUT2D eigenvalue weighted by Crippen LogP contribution is -2.56. The van der Waals surface area contributed by atoms with Gasteiger partial charge >= 0.3 is 0 Å². The van der Waals surface area contributed by atoms with Gasteiger partial charge in [-0.3, -0.25) is 34.0 Å². The van der Waals surface area contributed by atoms with E-state index in [1.807, 2.05) is 31.2 Å². The summed E-state index contributed by atoms with van der Waals surface area (Å²) in [6.45, 7) is 5.81. The van der Waals surface area contributed by atoms with Crippen molar-refractivity contribution in [3.8, 4) is 0 Å². The maximum Gasteiger partial charge on any atom is 0.258 e. The number of nitrogens with zero attached hydrogens (tertiary/aromatic N) is 4. The molecule has 4 heterocycles. The van der Waals surface area contributed by atoms with Gasteiger partial charge in [0.1, 0.15) is 0 Å². The number of fused-ring (bicyclic) bond motifs is 7. The fourth-order valence-corrected chi connectivity index (χ4v) is 5.69. The molecule has 4 aliphatic rings. The molecular weight excluding hydrogens is 372 g/mol. The van der Waals surface area contributed by atoms with Gasteiger partial charge in [-0.1, -0.05) is 24.3 Å². The van der Waals surface area contributed by atoms with Crippen molar-refractivity contribution in [3.63, 3.8) is 0 Å². The first kappa shape index (κ1) is 18.0. The summed E-state index contributed by atoms with van der Waals surface area (Å²) in [6.07, 6.45) is -0.132. The summed E-state index contributed by atoms with van der Waals surface area (Å²) in [6, 6.07) is 7.10. The molecule has 8 heteroatoms. The van der Waals surface area contributed by atoms with Crippen LogP contribution >= 0.6 is 0 Å². The van der Waals surface area contributed by atoms with Gasteiger partial charge in [0.15, 0.2) is 5.54 Å². The number of carbonyl (C=O) groups excluding carboxylic acids is 4. The van der Waals surface area contributed by atoms with E-state index in [1.165, 1.54) is 9.80 Å². The molecule has 4 amide bonds. The Balaban J connectivity index is 1.78. The number of benzene rings is 1. The summed E-state index contributed by atoms with van der Waals surface area (Å²) in [5.74, 6) is -3.03. The monoisotopic (exact) mass is 394 g/mol. The zero-order valence-corrected chi connectivity index (χ0v) is 16.6. The number of rotatable bonds is 2. The van der Waals surface area contributed by atoms with Gasteiger partial charge in [0.2, 0.25) is 17.7 Å². The number of carbonyl (C=O) groups is 4. The lowest BCUT2D eigenvalue weighted by molar-refractivity contribution is -0.149. The quantitative estimate of drug-likeness (QED) is 0.696. The Morgan fingerprint density at radius 2 is 1.72 bits per heavy atom. The molecule has 3 fully saturated rings. The molecule has 0 aromatic heterocycles. The Morgan fingerprint density at radius 1 is 1.03 bits per heavy atom. The molecule has 0 bridgehead atoms. The van der Waals surface area contributed by atoms with Crippen LogP contribution in [0.25, 0.3) is 0 Å². The molecule has 5 rings (SSSR count). The number of imide groups is 2. The van der Waals surface area contributed by atoms with Gasteiger partial charge in [-0.15, -0.1) is 0 Å². The van der Waals surface area contributed by atoms with Crippen LogP contribution in [-0.4, -0.2) is 62.8 Å². The number of likely N-dealkylation sites (N-methyl/N-ethyl adjacent to an activating group) is 1. The zero-order valence-electron chi connectivity index (χ0n) is 16.6. The van der Waals surface area contributed by atoms with E-state index >= 15 is 0 Å². The average molecular weight is 394 g/mol. The number of hydrazone groups is 1. The molecule has 0 radical (unpaired) electrons. The van der Waals surface area contributed by atoms with Crippen molar-refractivity contribution >= 4 is 29.3 Å². The third kappa shape index (κ3) is 1.91. The third-order valence-corrected chi connectivity index (χ3v) is 6.87. The largest absolute Gasteiger partial charge is 0.282 e. The van der Waals surface area contributed by atoms with E-state index in [-0.39, 0.29) is 37.2 Å². The van der Waals surface area contributed by atoms with Crippen LogP contribution in [0.15, 0.2) is 29.4 Å². The molecule has 3 saturated heterocycles. The maximum atomic E-state index is 13.5. The maximum absolute atomic E-state index is 13.5. The minimum Gasteiger partial charge on any atom is -0.282 e. The number of amides is 4. The highest BCUT2D eigenvalue weighted by molar-refractivity contribution is 6.16. The summed E-state index contributed by atoms with van der Waals surface area (Å²) in [7, 11) is 0. The van der Waals surface area contributed by atoms with Crippen LogP contribution in [0.4, 0.5) is 0 Å². The lowest BCUT2D eigenvalue weighted by atomic mass is 9.78. The Labute approximate surface area is 168 Å². The van der Waals surface area contributed by atoms with Gasteiger partial charge < -0.3 is 0 Å².